The van der Waals surface area contributed by atoms with E-state index in [0.717, 1.165) is 30.9 Å². The first-order valence-corrected chi connectivity index (χ1v) is 12.4. The summed E-state index contributed by atoms with van der Waals surface area (Å²) in [5.74, 6) is 2.37. The fourth-order valence-corrected chi connectivity index (χ4v) is 5.82. The van der Waals surface area contributed by atoms with E-state index in [9.17, 15) is 4.79 Å². The summed E-state index contributed by atoms with van der Waals surface area (Å²) in [4.78, 5) is 24.3. The van der Waals surface area contributed by atoms with Crippen molar-refractivity contribution in [2.24, 2.45) is 11.8 Å². The average molecular weight is 473 g/mol. The van der Waals surface area contributed by atoms with Gasteiger partial charge in [-0.3, -0.25) is 15.0 Å². The number of carbonyl (C=O) groups excluding carboxylic acids is 1. The minimum Gasteiger partial charge on any atom is -0.493 e. The first-order chi connectivity index (χ1) is 15.5. The lowest BCUT2D eigenvalue weighted by molar-refractivity contribution is 0.102. The topological polar surface area (TPSA) is 76.6 Å². The maximum absolute atomic E-state index is 12.8. The molecule has 3 aromatic rings. The minimum absolute atomic E-state index is 0.268. The van der Waals surface area contributed by atoms with Crippen molar-refractivity contribution in [1.82, 2.24) is 14.9 Å². The van der Waals surface area contributed by atoms with Gasteiger partial charge < -0.3 is 9.47 Å². The average Bonchev–Trinajstić information content (AvgIpc) is 3.42. The van der Waals surface area contributed by atoms with Crippen LogP contribution in [-0.4, -0.2) is 48.1 Å². The van der Waals surface area contributed by atoms with Gasteiger partial charge in [-0.05, 0) is 30.4 Å². The monoisotopic (exact) mass is 472 g/mol. The number of rotatable bonds is 7. The summed E-state index contributed by atoms with van der Waals surface area (Å²) in [6.45, 7) is 7.62. The third-order valence-corrected chi connectivity index (χ3v) is 7.15. The smallest absolute Gasteiger partial charge is 0.276 e. The predicted octanol–water partition coefficient (Wildman–Crippen LogP) is 5.01. The molecule has 0 spiro atoms. The zero-order chi connectivity index (χ0) is 22.7. The Kier molecular flexibility index (Phi) is 7.07. The third kappa shape index (κ3) is 5.11. The molecular formula is C23H28N4O3S2. The Morgan fingerprint density at radius 2 is 1.91 bits per heavy atom. The first-order valence-electron chi connectivity index (χ1n) is 10.6. The van der Waals surface area contributed by atoms with Crippen molar-refractivity contribution < 1.29 is 14.3 Å². The predicted molar refractivity (Wildman–Crippen MR) is 129 cm³/mol. The van der Waals surface area contributed by atoms with Crippen LogP contribution in [0.5, 0.6) is 11.5 Å². The summed E-state index contributed by atoms with van der Waals surface area (Å²) in [6, 6.07) is 5.60. The lowest BCUT2D eigenvalue weighted by atomic mass is 9.92. The molecule has 0 aliphatic carbocycles. The number of ether oxygens (including phenoxy) is 2. The number of aromatic nitrogens is 2. The summed E-state index contributed by atoms with van der Waals surface area (Å²) in [7, 11) is 3.19. The molecule has 0 saturated carbocycles. The molecular weight excluding hydrogens is 444 g/mol. The minimum atomic E-state index is -0.268. The normalized spacial score (nSPS) is 19.0. The van der Waals surface area contributed by atoms with E-state index in [1.165, 1.54) is 29.1 Å². The number of nitrogens with zero attached hydrogens (tertiary/aromatic N) is 3. The number of methoxy groups -OCH3 is 2. The highest BCUT2D eigenvalue weighted by Gasteiger charge is 2.23. The van der Waals surface area contributed by atoms with Crippen LogP contribution in [0.25, 0.3) is 10.6 Å². The van der Waals surface area contributed by atoms with Crippen molar-refractivity contribution >= 4 is 33.7 Å². The molecule has 1 amide bonds. The molecule has 2 unspecified atom stereocenters. The second-order valence-electron chi connectivity index (χ2n) is 8.32. The van der Waals surface area contributed by atoms with Gasteiger partial charge in [0.1, 0.15) is 10.7 Å². The molecule has 1 fully saturated rings. The number of carbonyl (C=O) groups is 1. The Bertz CT molecular complexity index is 1070. The van der Waals surface area contributed by atoms with Crippen LogP contribution in [0.3, 0.4) is 0 Å². The molecule has 32 heavy (non-hydrogen) atoms. The SMILES string of the molecule is COc1cccc(-c2nc(C(=O)Nc3nc(CN4CC(C)CC(C)C4)cs3)cs2)c1OC. The summed E-state index contributed by atoms with van der Waals surface area (Å²) in [5.41, 5.74) is 2.13. The van der Waals surface area contributed by atoms with E-state index in [4.69, 9.17) is 9.47 Å². The van der Waals surface area contributed by atoms with E-state index in [1.54, 1.807) is 19.6 Å². The van der Waals surface area contributed by atoms with Gasteiger partial charge in [-0.15, -0.1) is 22.7 Å². The van der Waals surface area contributed by atoms with Crippen LogP contribution in [0.15, 0.2) is 29.0 Å². The fourth-order valence-electron chi connectivity index (χ4n) is 4.31. The van der Waals surface area contributed by atoms with E-state index < -0.39 is 0 Å². The number of hydrogen-bond donors (Lipinski definition) is 1. The Morgan fingerprint density at radius 3 is 2.62 bits per heavy atom. The maximum atomic E-state index is 12.8. The van der Waals surface area contributed by atoms with Crippen LogP contribution in [0.2, 0.25) is 0 Å². The van der Waals surface area contributed by atoms with Crippen molar-refractivity contribution in [3.8, 4) is 22.1 Å². The standard InChI is InChI=1S/C23H28N4O3S2/c1-14-8-15(2)10-27(9-14)11-16-12-32-23(24-16)26-21(28)18-13-31-22(25-18)17-6-5-7-19(29-3)20(17)30-4/h5-7,12-15H,8-11H2,1-4H3,(H,24,26,28). The lowest BCUT2D eigenvalue weighted by Gasteiger charge is -2.34. The molecule has 4 rings (SSSR count). The highest BCUT2D eigenvalue weighted by molar-refractivity contribution is 7.14. The number of likely N-dealkylation sites (tertiary alicyclic amines) is 1. The number of thiazole rings is 2. The summed E-state index contributed by atoms with van der Waals surface area (Å²) < 4.78 is 10.9. The van der Waals surface area contributed by atoms with Crippen LogP contribution in [-0.2, 0) is 6.54 Å². The van der Waals surface area contributed by atoms with Gasteiger partial charge in [-0.25, -0.2) is 9.97 Å². The van der Waals surface area contributed by atoms with Crippen molar-refractivity contribution in [3.05, 3.63) is 40.3 Å². The molecule has 3 heterocycles. The number of amides is 1. The third-order valence-electron chi connectivity index (χ3n) is 5.47. The van der Waals surface area contributed by atoms with E-state index in [1.807, 2.05) is 23.6 Å². The molecule has 1 aromatic carbocycles. The quantitative estimate of drug-likeness (QED) is 0.521. The van der Waals surface area contributed by atoms with Gasteiger partial charge >= 0.3 is 0 Å². The van der Waals surface area contributed by atoms with Crippen LogP contribution < -0.4 is 14.8 Å². The molecule has 2 aromatic heterocycles. The van der Waals surface area contributed by atoms with Crippen molar-refractivity contribution in [2.75, 3.05) is 32.6 Å². The number of para-hydroxylation sites is 1. The largest absolute Gasteiger partial charge is 0.493 e. The number of hydrogen-bond acceptors (Lipinski definition) is 8. The summed E-state index contributed by atoms with van der Waals surface area (Å²) >= 11 is 2.83. The second-order valence-corrected chi connectivity index (χ2v) is 10.0. The van der Waals surface area contributed by atoms with Crippen LogP contribution in [0.4, 0.5) is 5.13 Å². The van der Waals surface area contributed by atoms with Crippen molar-refractivity contribution in [1.29, 1.82) is 0 Å². The molecule has 0 bridgehead atoms. The first kappa shape index (κ1) is 22.7. The van der Waals surface area contributed by atoms with Crippen molar-refractivity contribution in [3.63, 3.8) is 0 Å². The van der Waals surface area contributed by atoms with E-state index >= 15 is 0 Å². The number of benzene rings is 1. The van der Waals surface area contributed by atoms with Gasteiger partial charge in [-0.2, -0.15) is 0 Å². The van der Waals surface area contributed by atoms with Crippen LogP contribution in [0, 0.1) is 11.8 Å². The molecule has 1 aliphatic rings. The number of nitrogens with one attached hydrogen (secondary N) is 1. The zero-order valence-electron chi connectivity index (χ0n) is 18.8. The van der Waals surface area contributed by atoms with Gasteiger partial charge in [0, 0.05) is 30.4 Å². The van der Waals surface area contributed by atoms with E-state index in [0.29, 0.717) is 39.2 Å². The van der Waals surface area contributed by atoms with E-state index in [2.05, 4.69) is 34.0 Å². The molecule has 170 valence electrons. The van der Waals surface area contributed by atoms with Crippen LogP contribution >= 0.6 is 22.7 Å². The Morgan fingerprint density at radius 1 is 1.12 bits per heavy atom. The molecule has 7 nitrogen and oxygen atoms in total. The van der Waals surface area contributed by atoms with Crippen LogP contribution in [0.1, 0.15) is 36.5 Å². The molecule has 1 N–H and O–H groups in total. The highest BCUT2D eigenvalue weighted by atomic mass is 32.1. The zero-order valence-corrected chi connectivity index (χ0v) is 20.4. The Balaban J connectivity index is 1.42. The van der Waals surface area contributed by atoms with Gasteiger partial charge in [0.05, 0.1) is 25.5 Å². The number of piperidine rings is 1. The van der Waals surface area contributed by atoms with Gasteiger partial charge in [0.15, 0.2) is 16.6 Å². The van der Waals surface area contributed by atoms with Gasteiger partial charge in [-0.1, -0.05) is 19.9 Å². The van der Waals surface area contributed by atoms with E-state index in [-0.39, 0.29) is 5.91 Å². The van der Waals surface area contributed by atoms with Crippen molar-refractivity contribution in [2.45, 2.75) is 26.8 Å². The second kappa shape index (κ2) is 9.97. The Labute approximate surface area is 196 Å². The molecule has 1 saturated heterocycles. The lowest BCUT2D eigenvalue weighted by Crippen LogP contribution is -2.38. The molecule has 2 atom stereocenters. The molecule has 9 heteroatoms. The molecule has 0 radical (unpaired) electrons. The summed E-state index contributed by atoms with van der Waals surface area (Å²) in [6.07, 6.45) is 1.28. The maximum Gasteiger partial charge on any atom is 0.276 e. The summed E-state index contributed by atoms with van der Waals surface area (Å²) in [5, 5.41) is 7.94. The Hall–Kier alpha value is -2.49. The molecule has 1 aliphatic heterocycles. The fraction of sp³-hybridized carbons (Fsp3) is 0.435. The van der Waals surface area contributed by atoms with Gasteiger partial charge in [0.2, 0.25) is 0 Å². The van der Waals surface area contributed by atoms with Gasteiger partial charge in [0.25, 0.3) is 5.91 Å². The number of anilines is 1. The highest BCUT2D eigenvalue weighted by Crippen LogP contribution is 2.39.